The van der Waals surface area contributed by atoms with E-state index in [9.17, 15) is 44.3 Å². The molecule has 1 aromatic rings. The summed E-state index contributed by atoms with van der Waals surface area (Å²) < 4.78 is 111. The van der Waals surface area contributed by atoms with E-state index in [0.717, 1.165) is 0 Å². The van der Waals surface area contributed by atoms with Gasteiger partial charge < -0.3 is 9.88 Å². The highest BCUT2D eigenvalue weighted by Gasteiger charge is 2.39. The Hall–Kier alpha value is -1.88. The van der Waals surface area contributed by atoms with Crippen LogP contribution in [-0.2, 0) is 6.18 Å². The number of H-pyrrole nitrogens is 1. The second-order valence-corrected chi connectivity index (χ2v) is 4.18. The number of aromatic nitrogens is 1. The highest BCUT2D eigenvalue weighted by Crippen LogP contribution is 2.31. The van der Waals surface area contributed by atoms with E-state index >= 15 is 0 Å². The van der Waals surface area contributed by atoms with E-state index in [0.29, 0.717) is 6.20 Å². The first kappa shape index (κ1) is 18.2. The number of aromatic amines is 1. The van der Waals surface area contributed by atoms with Crippen LogP contribution in [-0.4, -0.2) is 30.4 Å². The van der Waals surface area contributed by atoms with Crippen LogP contribution in [0.1, 0.15) is 5.56 Å². The first-order chi connectivity index (χ1) is 9.69. The molecule has 1 N–H and O–H groups in total. The summed E-state index contributed by atoms with van der Waals surface area (Å²) in [7, 11) is 0. The zero-order valence-electron chi connectivity index (χ0n) is 10.3. The number of anilines is 1. The summed E-state index contributed by atoms with van der Waals surface area (Å²) in [5, 5.41) is 0. The maximum absolute atomic E-state index is 12.5. The Morgan fingerprint density at radius 1 is 0.909 bits per heavy atom. The minimum absolute atomic E-state index is 0.0592. The van der Waals surface area contributed by atoms with Crippen LogP contribution in [0.25, 0.3) is 0 Å². The predicted octanol–water partition coefficient (Wildman–Crippen LogP) is 3.32. The van der Waals surface area contributed by atoms with E-state index in [2.05, 4.69) is 0 Å². The highest BCUT2D eigenvalue weighted by atomic mass is 19.4. The third kappa shape index (κ3) is 5.48. The summed E-state index contributed by atoms with van der Waals surface area (Å²) in [5.41, 5.74) is -4.61. The molecule has 0 aliphatic rings. The molecule has 0 bridgehead atoms. The van der Waals surface area contributed by atoms with E-state index in [1.54, 1.807) is 0 Å². The molecule has 0 aliphatic carbocycles. The molecule has 0 unspecified atom stereocenters. The summed E-state index contributed by atoms with van der Waals surface area (Å²) in [6.07, 6.45) is -15.0. The average molecular weight is 342 g/mol. The van der Waals surface area contributed by atoms with Gasteiger partial charge in [-0.2, -0.15) is 39.5 Å². The van der Waals surface area contributed by atoms with Crippen LogP contribution in [0.4, 0.5) is 45.2 Å². The van der Waals surface area contributed by atoms with Crippen LogP contribution in [0.15, 0.2) is 17.1 Å². The molecular formula is C10H7F9N2O. The molecule has 12 heteroatoms. The van der Waals surface area contributed by atoms with Gasteiger partial charge in [-0.15, -0.1) is 0 Å². The number of rotatable bonds is 3. The third-order valence-corrected chi connectivity index (χ3v) is 2.30. The van der Waals surface area contributed by atoms with Gasteiger partial charge in [-0.3, -0.25) is 4.79 Å². The molecule has 0 amide bonds. The Bertz CT molecular complexity index is 553. The van der Waals surface area contributed by atoms with Gasteiger partial charge in [-0.25, -0.2) is 0 Å². The van der Waals surface area contributed by atoms with Gasteiger partial charge in [0.2, 0.25) is 0 Å². The van der Waals surface area contributed by atoms with E-state index in [1.165, 1.54) is 4.98 Å². The second-order valence-electron chi connectivity index (χ2n) is 4.18. The van der Waals surface area contributed by atoms with Crippen molar-refractivity contribution >= 4 is 5.69 Å². The number of pyridine rings is 1. The van der Waals surface area contributed by atoms with Crippen LogP contribution in [0, 0.1) is 0 Å². The number of hydrogen-bond acceptors (Lipinski definition) is 2. The Morgan fingerprint density at radius 2 is 1.36 bits per heavy atom. The average Bonchev–Trinajstić information content (AvgIpc) is 2.22. The monoisotopic (exact) mass is 342 g/mol. The smallest absolute Gasteiger partial charge is 0.352 e. The highest BCUT2D eigenvalue weighted by molar-refractivity contribution is 5.47. The molecule has 0 spiro atoms. The van der Waals surface area contributed by atoms with Crippen LogP contribution in [0.2, 0.25) is 0 Å². The molecule has 0 saturated carbocycles. The topological polar surface area (TPSA) is 36.1 Å². The third-order valence-electron chi connectivity index (χ3n) is 2.30. The molecule has 1 rings (SSSR count). The molecule has 0 atom stereocenters. The molecule has 0 aromatic carbocycles. The largest absolute Gasteiger partial charge is 0.421 e. The van der Waals surface area contributed by atoms with Gasteiger partial charge in [-0.1, -0.05) is 0 Å². The molecule has 0 saturated heterocycles. The van der Waals surface area contributed by atoms with Gasteiger partial charge in [0, 0.05) is 6.20 Å². The first-order valence-corrected chi connectivity index (χ1v) is 5.37. The lowest BCUT2D eigenvalue weighted by atomic mass is 10.2. The standard InChI is InChI=1S/C10H7F9N2O/c11-8(12,13)3-21(4-9(14,15)16)5-1-6(10(17,18)19)7(22)20-2-5/h1-2H,3-4H2,(H,20,22). The van der Waals surface area contributed by atoms with Crippen molar-refractivity contribution in [1.82, 2.24) is 4.98 Å². The molecule has 22 heavy (non-hydrogen) atoms. The SMILES string of the molecule is O=c1[nH]cc(N(CC(F)(F)F)CC(F)(F)F)cc1C(F)(F)F. The number of hydrogen-bond donors (Lipinski definition) is 1. The normalized spacial score (nSPS) is 13.3. The zero-order valence-corrected chi connectivity index (χ0v) is 10.3. The molecule has 1 aromatic heterocycles. The molecule has 0 fully saturated rings. The van der Waals surface area contributed by atoms with E-state index in [4.69, 9.17) is 0 Å². The summed E-state index contributed by atoms with van der Waals surface area (Å²) in [5.74, 6) is 0. The van der Waals surface area contributed by atoms with Gasteiger partial charge in [0.25, 0.3) is 5.56 Å². The molecule has 126 valence electrons. The van der Waals surface area contributed by atoms with Crippen molar-refractivity contribution in [1.29, 1.82) is 0 Å². The summed E-state index contributed by atoms with van der Waals surface area (Å²) in [6, 6.07) is -0.0592. The fraction of sp³-hybridized carbons (Fsp3) is 0.500. The van der Waals surface area contributed by atoms with Gasteiger partial charge in [0.1, 0.15) is 18.7 Å². The fourth-order valence-electron chi connectivity index (χ4n) is 1.54. The maximum Gasteiger partial charge on any atom is 0.421 e. The summed E-state index contributed by atoms with van der Waals surface area (Å²) in [6.45, 7) is -4.26. The molecule has 1 heterocycles. The van der Waals surface area contributed by atoms with Crippen molar-refractivity contribution in [3.05, 3.63) is 28.2 Å². The van der Waals surface area contributed by atoms with Gasteiger partial charge >= 0.3 is 18.5 Å². The van der Waals surface area contributed by atoms with Crippen molar-refractivity contribution in [3.8, 4) is 0 Å². The van der Waals surface area contributed by atoms with Gasteiger partial charge in [0.15, 0.2) is 0 Å². The van der Waals surface area contributed by atoms with Crippen LogP contribution >= 0.6 is 0 Å². The number of nitrogens with one attached hydrogen (secondary N) is 1. The Labute approximate surface area is 116 Å². The maximum atomic E-state index is 12.5. The number of alkyl halides is 9. The summed E-state index contributed by atoms with van der Waals surface area (Å²) in [4.78, 5) is 12.1. The van der Waals surface area contributed by atoms with Crippen LogP contribution in [0.3, 0.4) is 0 Å². The van der Waals surface area contributed by atoms with Crippen molar-refractivity contribution in [2.45, 2.75) is 18.5 Å². The van der Waals surface area contributed by atoms with Crippen molar-refractivity contribution in [3.63, 3.8) is 0 Å². The minimum Gasteiger partial charge on any atom is -0.352 e. The Kier molecular flexibility index (Phi) is 4.73. The minimum atomic E-state index is -5.22. The van der Waals surface area contributed by atoms with Crippen molar-refractivity contribution < 1.29 is 39.5 Å². The quantitative estimate of drug-likeness (QED) is 0.856. The van der Waals surface area contributed by atoms with Crippen LogP contribution < -0.4 is 10.5 Å². The predicted molar refractivity (Wildman–Crippen MR) is 56.4 cm³/mol. The lowest BCUT2D eigenvalue weighted by Gasteiger charge is -2.27. The zero-order chi connectivity index (χ0) is 17.3. The lowest BCUT2D eigenvalue weighted by Crippen LogP contribution is -2.41. The summed E-state index contributed by atoms with van der Waals surface area (Å²) >= 11 is 0. The van der Waals surface area contributed by atoms with Crippen molar-refractivity contribution in [2.75, 3.05) is 18.0 Å². The second kappa shape index (κ2) is 5.72. The molecular weight excluding hydrogens is 335 g/mol. The van der Waals surface area contributed by atoms with Crippen LogP contribution in [0.5, 0.6) is 0 Å². The fourth-order valence-corrected chi connectivity index (χ4v) is 1.54. The lowest BCUT2D eigenvalue weighted by molar-refractivity contribution is -0.138. The molecule has 0 radical (unpaired) electrons. The Balaban J connectivity index is 3.28. The van der Waals surface area contributed by atoms with Crippen molar-refractivity contribution in [2.24, 2.45) is 0 Å². The van der Waals surface area contributed by atoms with Gasteiger partial charge in [-0.05, 0) is 6.07 Å². The van der Waals surface area contributed by atoms with E-state index in [1.807, 2.05) is 0 Å². The number of halogens is 9. The van der Waals surface area contributed by atoms with E-state index < -0.39 is 48.4 Å². The van der Waals surface area contributed by atoms with E-state index in [-0.39, 0.29) is 11.0 Å². The first-order valence-electron chi connectivity index (χ1n) is 5.37. The molecule has 0 aliphatic heterocycles. The van der Waals surface area contributed by atoms with Gasteiger partial charge in [0.05, 0.1) is 5.69 Å². The Morgan fingerprint density at radius 3 is 1.73 bits per heavy atom. The number of nitrogens with zero attached hydrogens (tertiary/aromatic N) is 1. The molecule has 3 nitrogen and oxygen atoms in total.